The Morgan fingerprint density at radius 2 is 0.742 bits per heavy atom. The van der Waals surface area contributed by atoms with E-state index in [0.29, 0.717) is 0 Å². The molecule has 1 heteroatoms. The molecule has 0 atom stereocenters. The van der Waals surface area contributed by atoms with E-state index in [2.05, 4.69) is 84.9 Å². The van der Waals surface area contributed by atoms with Gasteiger partial charge in [0.1, 0.15) is 0 Å². The quantitative estimate of drug-likeness (QED) is 0.218. The molecule has 0 fully saturated rings. The number of fused-ring (bicyclic) bond motifs is 9. The van der Waals surface area contributed by atoms with Crippen molar-refractivity contribution in [3.05, 3.63) is 96.0 Å². The minimum absolute atomic E-state index is 0.788. The van der Waals surface area contributed by atoms with Crippen LogP contribution >= 0.6 is 11.6 Å². The van der Waals surface area contributed by atoms with Gasteiger partial charge in [0.15, 0.2) is 0 Å². The number of halogens is 1. The summed E-state index contributed by atoms with van der Waals surface area (Å²) in [6.07, 6.45) is 0. The van der Waals surface area contributed by atoms with Crippen LogP contribution < -0.4 is 0 Å². The van der Waals surface area contributed by atoms with Crippen LogP contribution in [0.5, 0.6) is 0 Å². The van der Waals surface area contributed by atoms with Gasteiger partial charge in [-0.3, -0.25) is 0 Å². The average molecular weight is 411 g/mol. The molecular formula is C30H15Cl. The number of rotatable bonds is 0. The third-order valence-electron chi connectivity index (χ3n) is 7.18. The molecule has 0 radical (unpaired) electrons. The summed E-state index contributed by atoms with van der Waals surface area (Å²) in [7, 11) is 0. The number of hydrogen-bond donors (Lipinski definition) is 0. The minimum Gasteiger partial charge on any atom is -0.0843 e. The van der Waals surface area contributed by atoms with Crippen molar-refractivity contribution < 1.29 is 0 Å². The summed E-state index contributed by atoms with van der Waals surface area (Å²) in [6.45, 7) is 0. The summed E-state index contributed by atoms with van der Waals surface area (Å²) in [4.78, 5) is 0. The second kappa shape index (κ2) is 5.35. The highest BCUT2D eigenvalue weighted by Gasteiger charge is 2.18. The first-order valence-corrected chi connectivity index (χ1v) is 11.0. The summed E-state index contributed by atoms with van der Waals surface area (Å²) in [5.74, 6) is 0. The van der Waals surface area contributed by atoms with Gasteiger partial charge in [0.25, 0.3) is 0 Å². The van der Waals surface area contributed by atoms with Gasteiger partial charge in [-0.15, -0.1) is 0 Å². The second-order valence-electron chi connectivity index (χ2n) is 8.64. The van der Waals surface area contributed by atoms with E-state index in [-0.39, 0.29) is 0 Å². The smallest absolute Gasteiger partial charge is 0.0412 e. The van der Waals surface area contributed by atoms with Gasteiger partial charge in [-0.1, -0.05) is 78.3 Å². The van der Waals surface area contributed by atoms with Gasteiger partial charge >= 0.3 is 0 Å². The van der Waals surface area contributed by atoms with E-state index in [0.717, 1.165) is 5.02 Å². The van der Waals surface area contributed by atoms with E-state index in [1.165, 1.54) is 75.4 Å². The van der Waals surface area contributed by atoms with Gasteiger partial charge < -0.3 is 0 Å². The van der Waals surface area contributed by atoms with E-state index in [9.17, 15) is 0 Å². The second-order valence-corrected chi connectivity index (χ2v) is 9.07. The zero-order valence-electron chi connectivity index (χ0n) is 16.5. The first-order chi connectivity index (χ1) is 15.3. The third kappa shape index (κ3) is 1.84. The van der Waals surface area contributed by atoms with Crippen molar-refractivity contribution in [2.45, 2.75) is 0 Å². The zero-order valence-corrected chi connectivity index (χ0v) is 17.3. The minimum atomic E-state index is 0.788. The van der Waals surface area contributed by atoms with Gasteiger partial charge in [0.2, 0.25) is 0 Å². The third-order valence-corrected chi connectivity index (χ3v) is 7.42. The Morgan fingerprint density at radius 3 is 1.35 bits per heavy atom. The summed E-state index contributed by atoms with van der Waals surface area (Å²) in [5.41, 5.74) is 0. The van der Waals surface area contributed by atoms with E-state index in [4.69, 9.17) is 11.6 Å². The van der Waals surface area contributed by atoms with Crippen LogP contribution in [0.4, 0.5) is 0 Å². The molecule has 0 N–H and O–H groups in total. The normalized spacial score (nSPS) is 12.7. The van der Waals surface area contributed by atoms with Crippen LogP contribution in [-0.4, -0.2) is 0 Å². The van der Waals surface area contributed by atoms with E-state index >= 15 is 0 Å². The fraction of sp³-hybridized carbons (Fsp3) is 0. The molecule has 0 aliphatic rings. The van der Waals surface area contributed by atoms with Crippen LogP contribution in [0.25, 0.3) is 75.4 Å². The van der Waals surface area contributed by atoms with E-state index in [1.54, 1.807) is 0 Å². The maximum absolute atomic E-state index is 6.42. The highest BCUT2D eigenvalue weighted by Crippen LogP contribution is 2.47. The predicted molar refractivity (Wildman–Crippen MR) is 136 cm³/mol. The molecule has 8 rings (SSSR count). The predicted octanol–water partition coefficient (Wildman–Crippen LogP) is 9.29. The molecule has 8 aromatic carbocycles. The highest BCUT2D eigenvalue weighted by molar-refractivity contribution is 6.41. The standard InChI is InChI=1S/C30H15Cl/c31-16-11-12-19-21-8-4-10-23-25-14-27-18-6-2-1-5-17(18)20-7-3-9-22(29(20)27)26(25)15-28(30(21)23)24(19)13-16/h1-15H. The summed E-state index contributed by atoms with van der Waals surface area (Å²) in [6, 6.07) is 33.4. The van der Waals surface area contributed by atoms with Crippen LogP contribution in [0.15, 0.2) is 91.0 Å². The van der Waals surface area contributed by atoms with Crippen molar-refractivity contribution in [2.75, 3.05) is 0 Å². The van der Waals surface area contributed by atoms with Gasteiger partial charge in [0, 0.05) is 5.02 Å². The van der Waals surface area contributed by atoms with Crippen LogP contribution in [0.1, 0.15) is 0 Å². The van der Waals surface area contributed by atoms with Crippen molar-refractivity contribution in [2.24, 2.45) is 0 Å². The molecular weight excluding hydrogens is 396 g/mol. The summed E-state index contributed by atoms with van der Waals surface area (Å²) >= 11 is 6.42. The maximum Gasteiger partial charge on any atom is 0.0412 e. The monoisotopic (exact) mass is 410 g/mol. The van der Waals surface area contributed by atoms with Crippen LogP contribution in [0, 0.1) is 0 Å². The lowest BCUT2D eigenvalue weighted by atomic mass is 9.93. The van der Waals surface area contributed by atoms with E-state index < -0.39 is 0 Å². The van der Waals surface area contributed by atoms with E-state index in [1.807, 2.05) is 6.07 Å². The van der Waals surface area contributed by atoms with Crippen LogP contribution in [0.3, 0.4) is 0 Å². The molecule has 0 saturated carbocycles. The van der Waals surface area contributed by atoms with Crippen molar-refractivity contribution >= 4 is 87.0 Å². The SMILES string of the molecule is Clc1ccc2c(c1)c1cc3c(cc4c5ccccc5c5cccc3c54)c3cccc2c31. The van der Waals surface area contributed by atoms with Gasteiger partial charge in [-0.25, -0.2) is 0 Å². The molecule has 0 aliphatic heterocycles. The lowest BCUT2D eigenvalue weighted by Crippen LogP contribution is -1.82. The molecule has 0 aromatic heterocycles. The number of hydrogen-bond acceptors (Lipinski definition) is 0. The first-order valence-electron chi connectivity index (χ1n) is 10.6. The van der Waals surface area contributed by atoms with Crippen LogP contribution in [0.2, 0.25) is 5.02 Å². The molecule has 0 spiro atoms. The molecule has 0 bridgehead atoms. The summed E-state index contributed by atoms with van der Waals surface area (Å²) in [5, 5.41) is 19.3. The Morgan fingerprint density at radius 1 is 0.323 bits per heavy atom. The van der Waals surface area contributed by atoms with Gasteiger partial charge in [0.05, 0.1) is 0 Å². The molecule has 0 unspecified atom stereocenters. The Labute approximate surface area is 182 Å². The van der Waals surface area contributed by atoms with Crippen molar-refractivity contribution in [1.82, 2.24) is 0 Å². The molecule has 0 heterocycles. The van der Waals surface area contributed by atoms with Gasteiger partial charge in [-0.05, 0) is 99.7 Å². The molecule has 0 amide bonds. The maximum atomic E-state index is 6.42. The molecule has 0 aliphatic carbocycles. The Balaban J connectivity index is 1.75. The summed E-state index contributed by atoms with van der Waals surface area (Å²) < 4.78 is 0. The number of benzene rings is 6. The highest BCUT2D eigenvalue weighted by atomic mass is 35.5. The molecule has 0 saturated heterocycles. The van der Waals surface area contributed by atoms with Crippen molar-refractivity contribution in [1.29, 1.82) is 0 Å². The molecule has 8 aromatic rings. The fourth-order valence-corrected chi connectivity index (χ4v) is 6.14. The van der Waals surface area contributed by atoms with Crippen molar-refractivity contribution in [3.63, 3.8) is 0 Å². The lowest BCUT2D eigenvalue weighted by molar-refractivity contribution is 1.85. The van der Waals surface area contributed by atoms with Gasteiger partial charge in [-0.2, -0.15) is 0 Å². The Hall–Kier alpha value is -3.61. The topological polar surface area (TPSA) is 0 Å². The molecule has 31 heavy (non-hydrogen) atoms. The molecule has 142 valence electrons. The fourth-order valence-electron chi connectivity index (χ4n) is 5.97. The average Bonchev–Trinajstić information content (AvgIpc) is 3.30. The Kier molecular flexibility index (Phi) is 2.78. The first kappa shape index (κ1) is 16.1. The van der Waals surface area contributed by atoms with Crippen LogP contribution in [-0.2, 0) is 0 Å². The largest absolute Gasteiger partial charge is 0.0843 e. The zero-order chi connectivity index (χ0) is 20.3. The van der Waals surface area contributed by atoms with Crippen molar-refractivity contribution in [3.8, 4) is 0 Å². The molecule has 0 nitrogen and oxygen atoms in total. The Bertz CT molecular complexity index is 1990. The lowest BCUT2D eigenvalue weighted by Gasteiger charge is -2.10.